The zero-order valence-electron chi connectivity index (χ0n) is 16.4. The number of hydrogen-bond acceptors (Lipinski definition) is 3. The van der Waals surface area contributed by atoms with Crippen molar-refractivity contribution >= 4 is 33.2 Å². The quantitative estimate of drug-likeness (QED) is 0.720. The standard InChI is InChI=1S/C21H29ClN2O3S/c1-28(26,27)24(19-5-2-4-18(22)11-19)7-3-6-20(25)23-21-12-15-8-16(13-21)10-17(9-15)14-21/h2,4-5,11,15-17H,3,6-10,12-14H2,1H3,(H,23,25). The monoisotopic (exact) mass is 424 g/mol. The largest absolute Gasteiger partial charge is 0.351 e. The third-order valence-electron chi connectivity index (χ3n) is 6.70. The van der Waals surface area contributed by atoms with E-state index in [4.69, 9.17) is 11.6 Å². The lowest BCUT2D eigenvalue weighted by atomic mass is 9.53. The Morgan fingerprint density at radius 3 is 2.32 bits per heavy atom. The van der Waals surface area contributed by atoms with Crippen molar-refractivity contribution in [2.45, 2.75) is 56.9 Å². The molecule has 7 heteroatoms. The van der Waals surface area contributed by atoms with E-state index >= 15 is 0 Å². The number of carbonyl (C=O) groups is 1. The lowest BCUT2D eigenvalue weighted by Gasteiger charge is -2.56. The van der Waals surface area contributed by atoms with Gasteiger partial charge in [0.1, 0.15) is 0 Å². The normalized spacial score (nSPS) is 31.0. The van der Waals surface area contributed by atoms with Gasteiger partial charge in [0.25, 0.3) is 0 Å². The number of anilines is 1. The summed E-state index contributed by atoms with van der Waals surface area (Å²) in [6.07, 6.45) is 9.43. The van der Waals surface area contributed by atoms with Crippen molar-refractivity contribution in [2.75, 3.05) is 17.1 Å². The Labute approximate surface area is 172 Å². The second-order valence-corrected chi connectivity index (χ2v) is 11.5. The van der Waals surface area contributed by atoms with Crippen molar-refractivity contribution in [3.63, 3.8) is 0 Å². The SMILES string of the molecule is CS(=O)(=O)N(CCCC(=O)NC12CC3CC(CC(C3)C1)C2)c1cccc(Cl)c1. The minimum atomic E-state index is -3.43. The van der Waals surface area contributed by atoms with E-state index in [-0.39, 0.29) is 18.0 Å². The third-order valence-corrected chi connectivity index (χ3v) is 8.13. The van der Waals surface area contributed by atoms with Gasteiger partial charge >= 0.3 is 0 Å². The number of rotatable bonds is 7. The molecule has 4 aliphatic carbocycles. The van der Waals surface area contributed by atoms with Gasteiger partial charge in [-0.05, 0) is 80.9 Å². The second kappa shape index (κ2) is 7.52. The molecular formula is C21H29ClN2O3S. The Morgan fingerprint density at radius 1 is 1.18 bits per heavy atom. The topological polar surface area (TPSA) is 66.5 Å². The molecule has 0 radical (unpaired) electrons. The van der Waals surface area contributed by atoms with E-state index in [1.54, 1.807) is 24.3 Å². The van der Waals surface area contributed by atoms with Crippen molar-refractivity contribution in [1.29, 1.82) is 0 Å². The molecule has 0 heterocycles. The van der Waals surface area contributed by atoms with E-state index in [2.05, 4.69) is 5.32 Å². The molecular weight excluding hydrogens is 396 g/mol. The maximum absolute atomic E-state index is 12.6. The van der Waals surface area contributed by atoms with E-state index in [1.165, 1.54) is 29.8 Å². The number of nitrogens with zero attached hydrogens (tertiary/aromatic N) is 1. The number of benzene rings is 1. The molecule has 1 aromatic carbocycles. The molecule has 1 N–H and O–H groups in total. The fourth-order valence-electron chi connectivity index (χ4n) is 6.12. The summed E-state index contributed by atoms with van der Waals surface area (Å²) in [7, 11) is -3.43. The summed E-state index contributed by atoms with van der Waals surface area (Å²) in [5.74, 6) is 2.42. The zero-order chi connectivity index (χ0) is 19.9. The smallest absolute Gasteiger partial charge is 0.232 e. The molecule has 4 aliphatic rings. The van der Waals surface area contributed by atoms with Crippen LogP contribution in [0.3, 0.4) is 0 Å². The van der Waals surface area contributed by atoms with Gasteiger partial charge in [-0.3, -0.25) is 9.10 Å². The van der Waals surface area contributed by atoms with Crippen LogP contribution in [0.5, 0.6) is 0 Å². The van der Waals surface area contributed by atoms with Crippen LogP contribution in [0.4, 0.5) is 5.69 Å². The lowest BCUT2D eigenvalue weighted by molar-refractivity contribution is -0.126. The van der Waals surface area contributed by atoms with Crippen LogP contribution in [-0.4, -0.2) is 32.7 Å². The van der Waals surface area contributed by atoms with Crippen molar-refractivity contribution < 1.29 is 13.2 Å². The first-order chi connectivity index (χ1) is 13.2. The summed E-state index contributed by atoms with van der Waals surface area (Å²) >= 11 is 6.01. The van der Waals surface area contributed by atoms with Gasteiger partial charge in [0, 0.05) is 23.5 Å². The van der Waals surface area contributed by atoms with Gasteiger partial charge in [-0.2, -0.15) is 0 Å². The highest BCUT2D eigenvalue weighted by atomic mass is 35.5. The summed E-state index contributed by atoms with van der Waals surface area (Å²) in [6, 6.07) is 6.81. The number of halogens is 1. The van der Waals surface area contributed by atoms with E-state index in [0.29, 0.717) is 23.6 Å². The van der Waals surface area contributed by atoms with Crippen molar-refractivity contribution in [3.8, 4) is 0 Å². The van der Waals surface area contributed by atoms with Gasteiger partial charge in [-0.1, -0.05) is 17.7 Å². The molecule has 28 heavy (non-hydrogen) atoms. The molecule has 0 spiro atoms. The van der Waals surface area contributed by atoms with E-state index in [1.807, 2.05) is 0 Å². The Hall–Kier alpha value is -1.27. The predicted octanol–water partition coefficient (Wildman–Crippen LogP) is 3.97. The van der Waals surface area contributed by atoms with Crippen LogP contribution in [0.2, 0.25) is 5.02 Å². The van der Waals surface area contributed by atoms with Crippen LogP contribution in [0.15, 0.2) is 24.3 Å². The number of sulfonamides is 1. The lowest BCUT2D eigenvalue weighted by Crippen LogP contribution is -2.59. The van der Waals surface area contributed by atoms with Gasteiger partial charge < -0.3 is 5.32 Å². The van der Waals surface area contributed by atoms with Crippen LogP contribution in [0.1, 0.15) is 51.4 Å². The minimum absolute atomic E-state index is 0.00923. The van der Waals surface area contributed by atoms with E-state index in [9.17, 15) is 13.2 Å². The van der Waals surface area contributed by atoms with Crippen LogP contribution < -0.4 is 9.62 Å². The molecule has 0 atom stereocenters. The summed E-state index contributed by atoms with van der Waals surface area (Å²) in [5, 5.41) is 3.85. The summed E-state index contributed by atoms with van der Waals surface area (Å²) in [5.41, 5.74) is 0.548. The van der Waals surface area contributed by atoms with Crippen molar-refractivity contribution in [2.24, 2.45) is 17.8 Å². The number of amides is 1. The summed E-state index contributed by atoms with van der Waals surface area (Å²) < 4.78 is 25.7. The van der Waals surface area contributed by atoms with Gasteiger partial charge in [-0.15, -0.1) is 0 Å². The van der Waals surface area contributed by atoms with Gasteiger partial charge in [0.15, 0.2) is 0 Å². The van der Waals surface area contributed by atoms with Crippen LogP contribution in [0, 0.1) is 17.8 Å². The van der Waals surface area contributed by atoms with Crippen molar-refractivity contribution in [3.05, 3.63) is 29.3 Å². The van der Waals surface area contributed by atoms with Crippen LogP contribution in [-0.2, 0) is 14.8 Å². The zero-order valence-corrected chi connectivity index (χ0v) is 17.9. The van der Waals surface area contributed by atoms with Gasteiger partial charge in [0.2, 0.25) is 15.9 Å². The predicted molar refractivity (Wildman–Crippen MR) is 112 cm³/mol. The summed E-state index contributed by atoms with van der Waals surface area (Å²) in [4.78, 5) is 12.6. The maximum atomic E-state index is 12.6. The summed E-state index contributed by atoms with van der Waals surface area (Å²) in [6.45, 7) is 0.271. The molecule has 0 saturated heterocycles. The molecule has 0 aromatic heterocycles. The molecule has 4 bridgehead atoms. The highest BCUT2D eigenvalue weighted by molar-refractivity contribution is 7.92. The Kier molecular flexibility index (Phi) is 5.38. The Morgan fingerprint density at radius 2 is 1.79 bits per heavy atom. The van der Waals surface area contributed by atoms with Crippen LogP contribution in [0.25, 0.3) is 0 Å². The highest BCUT2D eigenvalue weighted by Gasteiger charge is 2.51. The van der Waals surface area contributed by atoms with E-state index < -0.39 is 10.0 Å². The van der Waals surface area contributed by atoms with E-state index in [0.717, 1.165) is 37.0 Å². The molecule has 5 nitrogen and oxygen atoms in total. The average Bonchev–Trinajstić information content (AvgIpc) is 2.56. The fourth-order valence-corrected chi connectivity index (χ4v) is 7.26. The average molecular weight is 425 g/mol. The molecule has 1 aromatic rings. The number of carbonyl (C=O) groups excluding carboxylic acids is 1. The van der Waals surface area contributed by atoms with Crippen LogP contribution >= 0.6 is 11.6 Å². The molecule has 4 saturated carbocycles. The molecule has 5 rings (SSSR count). The Balaban J connectivity index is 1.34. The molecule has 154 valence electrons. The third kappa shape index (κ3) is 4.33. The first kappa shape index (κ1) is 20.0. The number of nitrogens with one attached hydrogen (secondary N) is 1. The van der Waals surface area contributed by atoms with Gasteiger partial charge in [0.05, 0.1) is 11.9 Å². The second-order valence-electron chi connectivity index (χ2n) is 9.16. The molecule has 1 amide bonds. The molecule has 4 fully saturated rings. The highest BCUT2D eigenvalue weighted by Crippen LogP contribution is 2.55. The molecule has 0 aliphatic heterocycles. The first-order valence-electron chi connectivity index (χ1n) is 10.3. The number of hydrogen-bond donors (Lipinski definition) is 1. The first-order valence-corrected chi connectivity index (χ1v) is 12.5. The Bertz CT molecular complexity index is 820. The maximum Gasteiger partial charge on any atom is 0.232 e. The van der Waals surface area contributed by atoms with Crippen molar-refractivity contribution in [1.82, 2.24) is 5.32 Å². The fraction of sp³-hybridized carbons (Fsp3) is 0.667. The van der Waals surface area contributed by atoms with Gasteiger partial charge in [-0.25, -0.2) is 8.42 Å². The minimum Gasteiger partial charge on any atom is -0.351 e. The molecule has 0 unspecified atom stereocenters.